The Bertz CT molecular complexity index is 375. The van der Waals surface area contributed by atoms with Gasteiger partial charge in [-0.1, -0.05) is 0 Å². The van der Waals surface area contributed by atoms with Gasteiger partial charge in [-0.2, -0.15) is 0 Å². The van der Waals surface area contributed by atoms with Crippen molar-refractivity contribution in [3.05, 3.63) is 21.5 Å². The highest BCUT2D eigenvalue weighted by atomic mass is 16.3. The van der Waals surface area contributed by atoms with E-state index in [0.29, 0.717) is 0 Å². The summed E-state index contributed by atoms with van der Waals surface area (Å²) in [6, 6.07) is -0.664. The van der Waals surface area contributed by atoms with Gasteiger partial charge in [0, 0.05) is 7.05 Å². The smallest absolute Gasteiger partial charge is 0.467 e. The summed E-state index contributed by atoms with van der Waals surface area (Å²) in [4.78, 5) is 16.8. The van der Waals surface area contributed by atoms with Crippen LogP contribution in [0.1, 0.15) is 0 Å². The molecule has 6 nitrogen and oxygen atoms in total. The third-order valence-corrected chi connectivity index (χ3v) is 1.22. The van der Waals surface area contributed by atoms with Gasteiger partial charge in [0.05, 0.1) is 6.01 Å². The molecule has 11 heavy (non-hydrogen) atoms. The summed E-state index contributed by atoms with van der Waals surface area (Å²) < 4.78 is 0.759. The molecule has 0 N–H and O–H groups in total. The van der Waals surface area contributed by atoms with Crippen molar-refractivity contribution in [2.75, 3.05) is 0 Å². The number of rotatable bonds is 0. The molecule has 1 aromatic heterocycles. The van der Waals surface area contributed by atoms with E-state index in [-0.39, 0.29) is 5.69 Å². The highest BCUT2D eigenvalue weighted by Crippen LogP contribution is 2.02. The molecule has 0 spiro atoms. The van der Waals surface area contributed by atoms with E-state index in [1.807, 2.05) is 0 Å². The summed E-state index contributed by atoms with van der Waals surface area (Å²) in [5.74, 6) is 0. The lowest BCUT2D eigenvalue weighted by molar-refractivity contribution is -0.286. The first-order valence-corrected chi connectivity index (χ1v) is 2.75. The Hall–Kier alpha value is -1.90. The molecular weight excluding hydrogens is 148 g/mol. The average Bonchev–Trinajstić information content (AvgIpc) is 2.01. The van der Waals surface area contributed by atoms with Gasteiger partial charge in [0.15, 0.2) is 4.98 Å². The van der Waals surface area contributed by atoms with Gasteiger partial charge in [0.2, 0.25) is 5.39 Å². The molecule has 1 aromatic rings. The quantitative estimate of drug-likeness (QED) is 0.461. The average molecular weight is 152 g/mol. The number of aromatic nitrogens is 2. The van der Waals surface area contributed by atoms with Gasteiger partial charge in [0.25, 0.3) is 0 Å². The van der Waals surface area contributed by atoms with E-state index in [9.17, 15) is 9.90 Å². The molecule has 0 radical (unpaired) electrons. The predicted octanol–water partition coefficient (Wildman–Crippen LogP) is -0.662. The molecule has 0 unspecified atom stereocenters. The lowest BCUT2D eigenvalue weighted by atomic mass is 10.5. The van der Waals surface area contributed by atoms with Crippen LogP contribution in [-0.4, -0.2) is 9.55 Å². The van der Waals surface area contributed by atoms with Gasteiger partial charge >= 0.3 is 11.2 Å². The second-order valence-electron chi connectivity index (χ2n) is 1.89. The molecule has 1 rings (SSSR count). The van der Waals surface area contributed by atoms with Crippen LogP contribution in [0.25, 0.3) is 4.98 Å². The first-order valence-electron chi connectivity index (χ1n) is 2.75. The monoisotopic (exact) mass is 152 g/mol. The molecule has 6 heteroatoms. The van der Waals surface area contributed by atoms with Gasteiger partial charge in [-0.15, -0.1) is 0 Å². The number of nitrogens with zero attached hydrogens (tertiary/aromatic N) is 4. The van der Waals surface area contributed by atoms with Gasteiger partial charge in [-0.25, -0.2) is 4.98 Å². The molecule has 1 heterocycles. The Morgan fingerprint density at radius 3 is 3.00 bits per heavy atom. The van der Waals surface area contributed by atoms with E-state index in [1.54, 1.807) is 0 Å². The SMILES string of the molecule is Cn1c([O-])ncc([N+]#N)c1=O. The fourth-order valence-electron chi connectivity index (χ4n) is 0.585. The Kier molecular flexibility index (Phi) is 1.56. The first kappa shape index (κ1) is 7.21. The van der Waals surface area contributed by atoms with E-state index in [2.05, 4.69) is 9.96 Å². The maximum absolute atomic E-state index is 10.9. The zero-order valence-corrected chi connectivity index (χ0v) is 5.68. The summed E-state index contributed by atoms with van der Waals surface area (Å²) in [6.45, 7) is 0. The Labute approximate surface area is 61.4 Å². The van der Waals surface area contributed by atoms with Crippen LogP contribution in [0.4, 0.5) is 5.69 Å². The Morgan fingerprint density at radius 1 is 1.82 bits per heavy atom. The molecule has 0 saturated heterocycles. The van der Waals surface area contributed by atoms with E-state index in [0.717, 1.165) is 10.8 Å². The highest BCUT2D eigenvalue weighted by Gasteiger charge is 2.12. The van der Waals surface area contributed by atoms with Crippen LogP contribution in [0.15, 0.2) is 11.0 Å². The van der Waals surface area contributed by atoms with E-state index in [4.69, 9.17) is 5.39 Å². The van der Waals surface area contributed by atoms with Crippen molar-refractivity contribution >= 4 is 5.69 Å². The normalized spacial score (nSPS) is 9.09. The topological polar surface area (TPSA) is 86.1 Å². The molecule has 56 valence electrons. The lowest BCUT2D eigenvalue weighted by Gasteiger charge is -2.05. The molecule has 0 atom stereocenters. The van der Waals surface area contributed by atoms with Crippen LogP contribution < -0.4 is 10.7 Å². The standard InChI is InChI=1S/C5H4N4O2/c1-9-4(10)3(8-6)2-7-5(9)11/h2H,1H3. The van der Waals surface area contributed by atoms with Crippen LogP contribution in [0.3, 0.4) is 0 Å². The summed E-state index contributed by atoms with van der Waals surface area (Å²) in [7, 11) is 1.26. The van der Waals surface area contributed by atoms with E-state index >= 15 is 0 Å². The second-order valence-corrected chi connectivity index (χ2v) is 1.89. The summed E-state index contributed by atoms with van der Waals surface area (Å²) in [6.07, 6.45) is 0.921. The van der Waals surface area contributed by atoms with Gasteiger partial charge in [-0.3, -0.25) is 4.79 Å². The Balaban J connectivity index is 3.53. The second kappa shape index (κ2) is 2.38. The van der Waals surface area contributed by atoms with Crippen molar-refractivity contribution in [2.45, 2.75) is 0 Å². The first-order chi connectivity index (χ1) is 5.16. The fraction of sp³-hybridized carbons (Fsp3) is 0.200. The van der Waals surface area contributed by atoms with Crippen LogP contribution in [0, 0.1) is 5.39 Å². The molecule has 0 amide bonds. The van der Waals surface area contributed by atoms with Crippen LogP contribution in [-0.2, 0) is 7.05 Å². The molecule has 0 aliphatic heterocycles. The highest BCUT2D eigenvalue weighted by molar-refractivity contribution is 5.38. The molecule has 0 aromatic carbocycles. The maximum atomic E-state index is 10.9. The van der Waals surface area contributed by atoms with Crippen molar-refractivity contribution in [3.63, 3.8) is 0 Å². The molecule has 0 bridgehead atoms. The number of hydrogen-bond acceptors (Lipinski definition) is 4. The third-order valence-electron chi connectivity index (χ3n) is 1.22. The molecule has 0 fully saturated rings. The zero-order chi connectivity index (χ0) is 8.43. The van der Waals surface area contributed by atoms with Crippen molar-refractivity contribution < 1.29 is 5.11 Å². The van der Waals surface area contributed by atoms with Crippen molar-refractivity contribution in [2.24, 2.45) is 7.05 Å². The minimum atomic E-state index is -0.664. The number of hydrogen-bond donors (Lipinski definition) is 0. The predicted molar refractivity (Wildman–Crippen MR) is 33.7 cm³/mol. The Morgan fingerprint density at radius 2 is 2.45 bits per heavy atom. The summed E-state index contributed by atoms with van der Waals surface area (Å²) >= 11 is 0. The fourth-order valence-corrected chi connectivity index (χ4v) is 0.585. The van der Waals surface area contributed by atoms with Crippen molar-refractivity contribution in [1.29, 1.82) is 5.39 Å². The van der Waals surface area contributed by atoms with Crippen LogP contribution in [0.5, 0.6) is 6.01 Å². The third kappa shape index (κ3) is 1.03. The van der Waals surface area contributed by atoms with Crippen LogP contribution in [0.2, 0.25) is 0 Å². The summed E-state index contributed by atoms with van der Waals surface area (Å²) in [5, 5.41) is 18.8. The van der Waals surface area contributed by atoms with Crippen molar-refractivity contribution in [3.8, 4) is 6.01 Å². The van der Waals surface area contributed by atoms with E-state index in [1.165, 1.54) is 7.05 Å². The molecule has 0 aliphatic carbocycles. The minimum Gasteiger partial charge on any atom is -0.846 e. The molecule has 0 saturated carbocycles. The largest absolute Gasteiger partial charge is 0.846 e. The lowest BCUT2D eigenvalue weighted by Crippen LogP contribution is -2.20. The number of diazo groups is 1. The summed E-state index contributed by atoms with van der Waals surface area (Å²) in [5.41, 5.74) is -0.903. The van der Waals surface area contributed by atoms with Gasteiger partial charge in [0.1, 0.15) is 6.20 Å². The zero-order valence-electron chi connectivity index (χ0n) is 5.68. The maximum Gasteiger partial charge on any atom is 0.467 e. The molecular formula is C5H4N4O2. The van der Waals surface area contributed by atoms with E-state index < -0.39 is 11.6 Å². The van der Waals surface area contributed by atoms with Gasteiger partial charge < -0.3 is 9.67 Å². The molecule has 0 aliphatic rings. The van der Waals surface area contributed by atoms with Gasteiger partial charge in [-0.05, 0) is 0 Å². The minimum absolute atomic E-state index is 0.243. The van der Waals surface area contributed by atoms with Crippen molar-refractivity contribution in [1.82, 2.24) is 9.55 Å². The van der Waals surface area contributed by atoms with Crippen LogP contribution >= 0.6 is 0 Å².